The first-order valence-electron chi connectivity index (χ1n) is 9.18. The van der Waals surface area contributed by atoms with E-state index in [0.717, 1.165) is 16.2 Å². The normalized spacial score (nSPS) is 11.7. The molecule has 4 rings (SSSR count). The molecule has 0 fully saturated rings. The maximum Gasteiger partial charge on any atom is 0.264 e. The van der Waals surface area contributed by atoms with Gasteiger partial charge in [-0.15, -0.1) is 11.3 Å². The molecule has 0 radical (unpaired) electrons. The molecule has 0 atom stereocenters. The number of amides is 1. The predicted molar refractivity (Wildman–Crippen MR) is 115 cm³/mol. The summed E-state index contributed by atoms with van der Waals surface area (Å²) < 4.78 is 1.97. The van der Waals surface area contributed by atoms with Gasteiger partial charge >= 0.3 is 0 Å². The number of benzene rings is 1. The minimum absolute atomic E-state index is 0.0245. The van der Waals surface area contributed by atoms with Gasteiger partial charge in [0.15, 0.2) is 4.96 Å². The third-order valence-electron chi connectivity index (χ3n) is 4.57. The van der Waals surface area contributed by atoms with Gasteiger partial charge < -0.3 is 10.3 Å². The van der Waals surface area contributed by atoms with E-state index in [0.29, 0.717) is 17.2 Å². The number of aromatic nitrogens is 4. The zero-order valence-electron chi connectivity index (χ0n) is 16.6. The van der Waals surface area contributed by atoms with Crippen molar-refractivity contribution in [3.8, 4) is 11.3 Å². The van der Waals surface area contributed by atoms with Gasteiger partial charge in [0.25, 0.3) is 11.5 Å². The van der Waals surface area contributed by atoms with Crippen LogP contribution in [0.1, 0.15) is 42.6 Å². The molecule has 0 saturated carbocycles. The maximum atomic E-state index is 12.7. The lowest BCUT2D eigenvalue weighted by Crippen LogP contribution is -2.30. The number of rotatable bonds is 3. The monoisotopic (exact) mass is 407 g/mol. The number of carbonyl (C=O) groups is 1. The van der Waals surface area contributed by atoms with Gasteiger partial charge in [-0.05, 0) is 19.1 Å². The van der Waals surface area contributed by atoms with Crippen LogP contribution in [0.2, 0.25) is 0 Å². The minimum atomic E-state index is -0.480. The second kappa shape index (κ2) is 6.97. The third-order valence-corrected chi connectivity index (χ3v) is 5.34. The van der Waals surface area contributed by atoms with E-state index in [1.165, 1.54) is 0 Å². The van der Waals surface area contributed by atoms with Gasteiger partial charge in [-0.2, -0.15) is 0 Å². The van der Waals surface area contributed by atoms with Crippen molar-refractivity contribution in [3.05, 3.63) is 69.5 Å². The molecule has 4 aromatic rings. The molecule has 0 unspecified atom stereocenters. The summed E-state index contributed by atoms with van der Waals surface area (Å²) in [5.41, 5.74) is 2.10. The summed E-state index contributed by atoms with van der Waals surface area (Å²) >= 11 is 1.57. The van der Waals surface area contributed by atoms with Crippen LogP contribution in [0.3, 0.4) is 0 Å². The van der Waals surface area contributed by atoms with E-state index >= 15 is 0 Å². The average molecular weight is 407 g/mol. The number of imidazole rings is 1. The van der Waals surface area contributed by atoms with Crippen LogP contribution in [-0.4, -0.2) is 25.3 Å². The van der Waals surface area contributed by atoms with Crippen LogP contribution in [0.15, 0.2) is 46.8 Å². The molecule has 148 valence electrons. The summed E-state index contributed by atoms with van der Waals surface area (Å²) in [7, 11) is 0. The minimum Gasteiger partial charge on any atom is -0.322 e. The number of H-pyrrole nitrogens is 1. The highest BCUT2D eigenvalue weighted by molar-refractivity contribution is 7.15. The number of anilines is 1. The van der Waals surface area contributed by atoms with E-state index in [4.69, 9.17) is 0 Å². The number of fused-ring (bicyclic) bond motifs is 1. The molecular formula is C21H21N5O2S. The van der Waals surface area contributed by atoms with Crippen molar-refractivity contribution in [1.29, 1.82) is 0 Å². The highest BCUT2D eigenvalue weighted by atomic mass is 32.1. The lowest BCUT2D eigenvalue weighted by molar-refractivity contribution is 0.102. The summed E-state index contributed by atoms with van der Waals surface area (Å²) in [5.74, 6) is 0.0767. The predicted octanol–water partition coefficient (Wildman–Crippen LogP) is 4.00. The number of hydrogen-bond acceptors (Lipinski definition) is 5. The van der Waals surface area contributed by atoms with Gasteiger partial charge in [-0.25, -0.2) is 9.97 Å². The molecule has 3 aromatic heterocycles. The third kappa shape index (κ3) is 3.71. The molecule has 0 aliphatic heterocycles. The van der Waals surface area contributed by atoms with Gasteiger partial charge in [-0.1, -0.05) is 32.9 Å². The van der Waals surface area contributed by atoms with Crippen molar-refractivity contribution in [2.24, 2.45) is 0 Å². The Kier molecular flexibility index (Phi) is 4.58. The van der Waals surface area contributed by atoms with Crippen LogP contribution in [0.4, 0.5) is 5.69 Å². The Morgan fingerprint density at radius 1 is 1.17 bits per heavy atom. The molecule has 1 amide bonds. The smallest absolute Gasteiger partial charge is 0.264 e. The van der Waals surface area contributed by atoms with Crippen LogP contribution in [-0.2, 0) is 5.41 Å². The Hall–Kier alpha value is -3.26. The summed E-state index contributed by atoms with van der Waals surface area (Å²) in [6.07, 6.45) is 3.93. The van der Waals surface area contributed by atoms with Crippen molar-refractivity contribution >= 4 is 27.9 Å². The van der Waals surface area contributed by atoms with Crippen molar-refractivity contribution in [2.75, 3.05) is 5.32 Å². The van der Waals surface area contributed by atoms with E-state index < -0.39 is 11.5 Å². The van der Waals surface area contributed by atoms with E-state index in [1.807, 2.05) is 55.1 Å². The number of aromatic amines is 1. The van der Waals surface area contributed by atoms with Crippen molar-refractivity contribution < 1.29 is 4.79 Å². The standard InChI is InChI=1S/C21H21N5O2S/c1-12-16(18(28)25-19(22-12)21(2,3)4)17(27)23-14-7-5-13(6-8-14)15-11-26-9-10-29-20(26)24-15/h5-11H,1-4H3,(H,23,27)(H,22,25,28). The zero-order chi connectivity index (χ0) is 20.8. The van der Waals surface area contributed by atoms with Gasteiger partial charge in [0.05, 0.1) is 11.4 Å². The Labute approximate surface area is 171 Å². The fourth-order valence-corrected chi connectivity index (χ4v) is 3.69. The molecule has 8 heteroatoms. The Bertz CT molecular complexity index is 1230. The fourth-order valence-electron chi connectivity index (χ4n) is 2.99. The largest absolute Gasteiger partial charge is 0.322 e. The molecule has 0 saturated heterocycles. The number of hydrogen-bond donors (Lipinski definition) is 2. The SMILES string of the molecule is Cc1nc(C(C)(C)C)[nH]c(=O)c1C(=O)Nc1ccc(-c2cn3ccsc3n2)cc1. The highest BCUT2D eigenvalue weighted by Gasteiger charge is 2.22. The van der Waals surface area contributed by atoms with Gasteiger partial charge in [-0.3, -0.25) is 14.0 Å². The molecule has 7 nitrogen and oxygen atoms in total. The molecular weight excluding hydrogens is 386 g/mol. The fraction of sp³-hybridized carbons (Fsp3) is 0.238. The number of carbonyl (C=O) groups excluding carboxylic acids is 1. The number of aryl methyl sites for hydroxylation is 1. The molecule has 0 spiro atoms. The van der Waals surface area contributed by atoms with Gasteiger partial charge in [0.2, 0.25) is 0 Å². The highest BCUT2D eigenvalue weighted by Crippen LogP contribution is 2.23. The Morgan fingerprint density at radius 2 is 1.90 bits per heavy atom. The van der Waals surface area contributed by atoms with Crippen molar-refractivity contribution in [3.63, 3.8) is 0 Å². The zero-order valence-corrected chi connectivity index (χ0v) is 17.4. The van der Waals surface area contributed by atoms with Crippen molar-refractivity contribution in [2.45, 2.75) is 33.1 Å². The number of nitrogens with zero attached hydrogens (tertiary/aromatic N) is 3. The van der Waals surface area contributed by atoms with Gasteiger partial charge in [0, 0.05) is 34.4 Å². The van der Waals surface area contributed by atoms with E-state index in [9.17, 15) is 9.59 Å². The first-order chi connectivity index (χ1) is 13.7. The number of nitrogens with one attached hydrogen (secondary N) is 2. The molecule has 0 bridgehead atoms. The molecule has 29 heavy (non-hydrogen) atoms. The quantitative estimate of drug-likeness (QED) is 0.537. The summed E-state index contributed by atoms with van der Waals surface area (Å²) in [6, 6.07) is 7.36. The topological polar surface area (TPSA) is 92.1 Å². The molecule has 1 aromatic carbocycles. The lowest BCUT2D eigenvalue weighted by atomic mass is 9.95. The van der Waals surface area contributed by atoms with Crippen LogP contribution in [0.25, 0.3) is 16.2 Å². The molecule has 2 N–H and O–H groups in total. The average Bonchev–Trinajstić information content (AvgIpc) is 3.23. The molecule has 0 aliphatic carbocycles. The van der Waals surface area contributed by atoms with Crippen LogP contribution < -0.4 is 10.9 Å². The first-order valence-corrected chi connectivity index (χ1v) is 10.1. The lowest BCUT2D eigenvalue weighted by Gasteiger charge is -2.18. The first kappa shape index (κ1) is 19.1. The van der Waals surface area contributed by atoms with Gasteiger partial charge in [0.1, 0.15) is 11.4 Å². The van der Waals surface area contributed by atoms with E-state index in [1.54, 1.807) is 30.4 Å². The van der Waals surface area contributed by atoms with E-state index in [2.05, 4.69) is 20.3 Å². The molecule has 3 heterocycles. The van der Waals surface area contributed by atoms with Crippen LogP contribution >= 0.6 is 11.3 Å². The van der Waals surface area contributed by atoms with E-state index in [-0.39, 0.29) is 11.0 Å². The maximum absolute atomic E-state index is 12.7. The number of thiazole rings is 1. The second-order valence-corrected chi connectivity index (χ2v) is 8.75. The Morgan fingerprint density at radius 3 is 2.52 bits per heavy atom. The Balaban J connectivity index is 1.56. The summed E-state index contributed by atoms with van der Waals surface area (Å²) in [5, 5.41) is 4.76. The summed E-state index contributed by atoms with van der Waals surface area (Å²) in [4.78, 5) is 37.8. The van der Waals surface area contributed by atoms with Crippen LogP contribution in [0.5, 0.6) is 0 Å². The van der Waals surface area contributed by atoms with Crippen LogP contribution in [0, 0.1) is 6.92 Å². The van der Waals surface area contributed by atoms with Crippen molar-refractivity contribution in [1.82, 2.24) is 19.4 Å². The molecule has 0 aliphatic rings. The summed E-state index contributed by atoms with van der Waals surface area (Å²) in [6.45, 7) is 7.54. The second-order valence-electron chi connectivity index (χ2n) is 7.88.